The molecule has 0 bridgehead atoms. The maximum absolute atomic E-state index is 9.55. The number of nitrogens with zero attached hydrogens (tertiary/aromatic N) is 1. The second kappa shape index (κ2) is 3.25. The molecule has 16 heavy (non-hydrogen) atoms. The van der Waals surface area contributed by atoms with Crippen LogP contribution in [-0.4, -0.2) is 16.2 Å². The van der Waals surface area contributed by atoms with Crippen molar-refractivity contribution in [2.45, 2.75) is 19.4 Å². The molecule has 3 heteroatoms. The SMILES string of the molecule is CC1NCCc2c1n(C)c1cc(O)ccc21. The molecule has 2 N–H and O–H groups in total. The summed E-state index contributed by atoms with van der Waals surface area (Å²) in [5.41, 5.74) is 3.91. The molecule has 0 spiro atoms. The summed E-state index contributed by atoms with van der Waals surface area (Å²) in [5.74, 6) is 0.339. The predicted molar refractivity (Wildman–Crippen MR) is 64.7 cm³/mol. The molecule has 2 aromatic rings. The molecule has 1 aromatic heterocycles. The second-order valence-corrected chi connectivity index (χ2v) is 4.55. The summed E-state index contributed by atoms with van der Waals surface area (Å²) in [7, 11) is 2.07. The van der Waals surface area contributed by atoms with Crippen molar-refractivity contribution >= 4 is 10.9 Å². The summed E-state index contributed by atoms with van der Waals surface area (Å²) in [4.78, 5) is 0. The standard InChI is InChI=1S/C13H16N2O/c1-8-13-11(5-6-14-8)10-4-3-9(16)7-12(10)15(13)2/h3-4,7-8,14,16H,5-6H2,1-2H3. The molecule has 0 radical (unpaired) electrons. The van der Waals surface area contributed by atoms with E-state index in [-0.39, 0.29) is 0 Å². The van der Waals surface area contributed by atoms with Crippen LogP contribution in [0.1, 0.15) is 24.2 Å². The highest BCUT2D eigenvalue weighted by Crippen LogP contribution is 2.33. The molecule has 0 aliphatic carbocycles. The third kappa shape index (κ3) is 1.18. The van der Waals surface area contributed by atoms with Crippen LogP contribution in [0.25, 0.3) is 10.9 Å². The van der Waals surface area contributed by atoms with E-state index in [0.29, 0.717) is 11.8 Å². The highest BCUT2D eigenvalue weighted by molar-refractivity contribution is 5.87. The van der Waals surface area contributed by atoms with Gasteiger partial charge in [0.05, 0.1) is 5.52 Å². The molecule has 0 amide bonds. The third-order valence-corrected chi connectivity index (χ3v) is 3.57. The fourth-order valence-corrected chi connectivity index (χ4v) is 2.85. The molecule has 1 aliphatic rings. The first-order valence-electron chi connectivity index (χ1n) is 5.72. The summed E-state index contributed by atoms with van der Waals surface area (Å²) < 4.78 is 2.20. The Hall–Kier alpha value is -1.48. The Morgan fingerprint density at radius 1 is 1.44 bits per heavy atom. The lowest BCUT2D eigenvalue weighted by Gasteiger charge is -2.22. The lowest BCUT2D eigenvalue weighted by Crippen LogP contribution is -2.28. The number of benzene rings is 1. The average molecular weight is 216 g/mol. The van der Waals surface area contributed by atoms with Crippen molar-refractivity contribution in [3.8, 4) is 5.75 Å². The van der Waals surface area contributed by atoms with Crippen molar-refractivity contribution in [1.82, 2.24) is 9.88 Å². The monoisotopic (exact) mass is 216 g/mol. The van der Waals surface area contributed by atoms with E-state index in [1.807, 2.05) is 12.1 Å². The number of hydrogen-bond acceptors (Lipinski definition) is 2. The van der Waals surface area contributed by atoms with Crippen molar-refractivity contribution in [2.24, 2.45) is 7.05 Å². The minimum atomic E-state index is 0.339. The van der Waals surface area contributed by atoms with Crippen LogP contribution in [0.15, 0.2) is 18.2 Å². The smallest absolute Gasteiger partial charge is 0.117 e. The Balaban J connectivity index is 2.38. The molecule has 3 rings (SSSR count). The largest absolute Gasteiger partial charge is 0.508 e. The lowest BCUT2D eigenvalue weighted by molar-refractivity contribution is 0.475. The normalized spacial score (nSPS) is 20.0. The number of fused-ring (bicyclic) bond motifs is 3. The number of aromatic hydroxyl groups is 1. The van der Waals surface area contributed by atoms with E-state index in [0.717, 1.165) is 18.5 Å². The number of rotatable bonds is 0. The van der Waals surface area contributed by atoms with Gasteiger partial charge in [0.25, 0.3) is 0 Å². The fourth-order valence-electron chi connectivity index (χ4n) is 2.85. The van der Waals surface area contributed by atoms with Crippen LogP contribution >= 0.6 is 0 Å². The highest BCUT2D eigenvalue weighted by atomic mass is 16.3. The van der Waals surface area contributed by atoms with E-state index in [4.69, 9.17) is 0 Å². The first-order valence-corrected chi connectivity index (χ1v) is 5.72. The van der Waals surface area contributed by atoms with E-state index in [9.17, 15) is 5.11 Å². The number of hydrogen-bond donors (Lipinski definition) is 2. The van der Waals surface area contributed by atoms with Gasteiger partial charge in [-0.3, -0.25) is 0 Å². The molecule has 84 valence electrons. The first-order chi connectivity index (χ1) is 7.68. The molecule has 3 nitrogen and oxygen atoms in total. The van der Waals surface area contributed by atoms with Gasteiger partial charge in [0, 0.05) is 30.2 Å². The predicted octanol–water partition coefficient (Wildman–Crippen LogP) is 2.09. The molecule has 0 saturated carbocycles. The van der Waals surface area contributed by atoms with Crippen molar-refractivity contribution in [3.05, 3.63) is 29.5 Å². The molecule has 1 aromatic carbocycles. The first kappa shape index (κ1) is 9.73. The fraction of sp³-hybridized carbons (Fsp3) is 0.385. The maximum Gasteiger partial charge on any atom is 0.117 e. The zero-order chi connectivity index (χ0) is 11.3. The van der Waals surface area contributed by atoms with Crippen LogP contribution in [0.4, 0.5) is 0 Å². The Bertz CT molecular complexity index is 557. The second-order valence-electron chi connectivity index (χ2n) is 4.55. The summed E-state index contributed by atoms with van der Waals surface area (Å²) in [5, 5.41) is 14.3. The summed E-state index contributed by atoms with van der Waals surface area (Å²) in [6.07, 6.45) is 1.07. The zero-order valence-corrected chi connectivity index (χ0v) is 9.62. The van der Waals surface area contributed by atoms with Crippen LogP contribution in [0.2, 0.25) is 0 Å². The van der Waals surface area contributed by atoms with Gasteiger partial charge in [-0.2, -0.15) is 0 Å². The molecular weight excluding hydrogens is 200 g/mol. The zero-order valence-electron chi connectivity index (χ0n) is 9.62. The van der Waals surface area contributed by atoms with E-state index in [2.05, 4.69) is 23.9 Å². The van der Waals surface area contributed by atoms with Gasteiger partial charge in [-0.05, 0) is 37.6 Å². The van der Waals surface area contributed by atoms with Crippen molar-refractivity contribution in [2.75, 3.05) is 6.54 Å². The molecule has 1 atom stereocenters. The van der Waals surface area contributed by atoms with Gasteiger partial charge in [0.1, 0.15) is 5.75 Å². The number of nitrogens with one attached hydrogen (secondary N) is 1. The van der Waals surface area contributed by atoms with Gasteiger partial charge in [-0.25, -0.2) is 0 Å². The minimum absolute atomic E-state index is 0.339. The van der Waals surface area contributed by atoms with Crippen molar-refractivity contribution in [3.63, 3.8) is 0 Å². The third-order valence-electron chi connectivity index (χ3n) is 3.57. The molecule has 1 unspecified atom stereocenters. The molecule has 2 heterocycles. The van der Waals surface area contributed by atoms with Gasteiger partial charge in [0.2, 0.25) is 0 Å². The van der Waals surface area contributed by atoms with Crippen LogP contribution in [-0.2, 0) is 13.5 Å². The summed E-state index contributed by atoms with van der Waals surface area (Å²) in [6.45, 7) is 3.23. The Kier molecular flexibility index (Phi) is 1.98. The highest BCUT2D eigenvalue weighted by Gasteiger charge is 2.22. The van der Waals surface area contributed by atoms with Gasteiger partial charge in [-0.1, -0.05) is 0 Å². The van der Waals surface area contributed by atoms with Crippen LogP contribution < -0.4 is 5.32 Å². The van der Waals surface area contributed by atoms with Gasteiger partial charge in [0.15, 0.2) is 0 Å². The number of phenols is 1. The van der Waals surface area contributed by atoms with Gasteiger partial charge < -0.3 is 15.0 Å². The average Bonchev–Trinajstić information content (AvgIpc) is 2.54. The quantitative estimate of drug-likeness (QED) is 0.707. The summed E-state index contributed by atoms with van der Waals surface area (Å²) in [6, 6.07) is 6.04. The molecule has 0 fully saturated rings. The van der Waals surface area contributed by atoms with E-state index < -0.39 is 0 Å². The number of aromatic nitrogens is 1. The maximum atomic E-state index is 9.55. The van der Waals surface area contributed by atoms with Crippen molar-refractivity contribution < 1.29 is 5.11 Å². The Morgan fingerprint density at radius 2 is 2.25 bits per heavy atom. The van der Waals surface area contributed by atoms with Gasteiger partial charge >= 0.3 is 0 Å². The Labute approximate surface area is 94.7 Å². The molecule has 1 aliphatic heterocycles. The van der Waals surface area contributed by atoms with Gasteiger partial charge in [-0.15, -0.1) is 0 Å². The Morgan fingerprint density at radius 3 is 3.06 bits per heavy atom. The van der Waals surface area contributed by atoms with Crippen molar-refractivity contribution in [1.29, 1.82) is 0 Å². The van der Waals surface area contributed by atoms with E-state index >= 15 is 0 Å². The topological polar surface area (TPSA) is 37.2 Å². The number of aryl methyl sites for hydroxylation is 1. The molecule has 0 saturated heterocycles. The van der Waals surface area contributed by atoms with Crippen LogP contribution in [0, 0.1) is 0 Å². The molecular formula is C13H16N2O. The van der Waals surface area contributed by atoms with Crippen LogP contribution in [0.5, 0.6) is 5.75 Å². The summed E-state index contributed by atoms with van der Waals surface area (Å²) >= 11 is 0. The lowest BCUT2D eigenvalue weighted by atomic mass is 10.0. The van der Waals surface area contributed by atoms with E-state index in [1.165, 1.54) is 16.6 Å². The van der Waals surface area contributed by atoms with Crippen LogP contribution in [0.3, 0.4) is 0 Å². The number of phenolic OH excluding ortho intramolecular Hbond substituents is 1. The van der Waals surface area contributed by atoms with E-state index in [1.54, 1.807) is 6.07 Å². The minimum Gasteiger partial charge on any atom is -0.508 e.